The Hall–Kier alpha value is -2.05. The van der Waals surface area contributed by atoms with Crippen LogP contribution in [0.15, 0.2) is 47.4 Å². The maximum absolute atomic E-state index is 12.7. The van der Waals surface area contributed by atoms with Crippen molar-refractivity contribution < 1.29 is 17.9 Å². The fraction of sp³-hybridized carbons (Fsp3) is 0.400. The van der Waals surface area contributed by atoms with E-state index in [1.54, 1.807) is 6.07 Å². The summed E-state index contributed by atoms with van der Waals surface area (Å²) in [5.41, 5.74) is 2.17. The lowest BCUT2D eigenvalue weighted by Gasteiger charge is -2.21. The van der Waals surface area contributed by atoms with Crippen LogP contribution in [0.5, 0.6) is 11.5 Å². The molecule has 0 aliphatic carbocycles. The lowest BCUT2D eigenvalue weighted by atomic mass is 9.86. The molecule has 2 aromatic rings. The number of benzene rings is 2. The molecule has 26 heavy (non-hydrogen) atoms. The van der Waals surface area contributed by atoms with Crippen LogP contribution in [-0.4, -0.2) is 22.6 Å². The number of sulfonamides is 1. The molecule has 0 aliphatic heterocycles. The number of nitrogens with one attached hydrogen (secondary N) is 1. The van der Waals surface area contributed by atoms with Crippen LogP contribution >= 0.6 is 0 Å². The number of hydrogen-bond donors (Lipinski definition) is 1. The van der Waals surface area contributed by atoms with Crippen LogP contribution in [0.4, 0.5) is 0 Å². The molecule has 0 amide bonds. The molecular formula is C20H27NO4S. The molecule has 2 aromatic carbocycles. The molecule has 0 aromatic heterocycles. The van der Waals surface area contributed by atoms with E-state index in [1.807, 2.05) is 31.2 Å². The SMILES string of the molecule is COc1ccc(S(=O)(=O)N[C@H](C)c2ccc(C(C)(C)C)cc2)cc1OC. The van der Waals surface area contributed by atoms with E-state index in [-0.39, 0.29) is 16.4 Å². The minimum Gasteiger partial charge on any atom is -0.493 e. The van der Waals surface area contributed by atoms with Crippen LogP contribution in [0.1, 0.15) is 44.9 Å². The van der Waals surface area contributed by atoms with Gasteiger partial charge in [0, 0.05) is 12.1 Å². The fourth-order valence-electron chi connectivity index (χ4n) is 2.62. The third-order valence-corrected chi connectivity index (χ3v) is 5.81. The molecular weight excluding hydrogens is 350 g/mol. The molecule has 2 rings (SSSR count). The average Bonchev–Trinajstić information content (AvgIpc) is 2.60. The highest BCUT2D eigenvalue weighted by atomic mass is 32.2. The van der Waals surface area contributed by atoms with Gasteiger partial charge < -0.3 is 9.47 Å². The molecule has 5 nitrogen and oxygen atoms in total. The van der Waals surface area contributed by atoms with Gasteiger partial charge in [0.25, 0.3) is 0 Å². The minimum atomic E-state index is -3.69. The van der Waals surface area contributed by atoms with Crippen molar-refractivity contribution in [3.63, 3.8) is 0 Å². The molecule has 0 aliphatic rings. The van der Waals surface area contributed by atoms with Gasteiger partial charge >= 0.3 is 0 Å². The normalized spacial score (nSPS) is 13.3. The first-order valence-electron chi connectivity index (χ1n) is 8.43. The molecule has 0 spiro atoms. The summed E-state index contributed by atoms with van der Waals surface area (Å²) >= 11 is 0. The van der Waals surface area contributed by atoms with Gasteiger partial charge in [-0.05, 0) is 35.6 Å². The summed E-state index contributed by atoms with van der Waals surface area (Å²) in [5.74, 6) is 0.856. The maximum Gasteiger partial charge on any atom is 0.241 e. The van der Waals surface area contributed by atoms with E-state index in [0.29, 0.717) is 11.5 Å². The molecule has 142 valence electrons. The number of ether oxygens (including phenoxy) is 2. The third kappa shape index (κ3) is 4.56. The van der Waals surface area contributed by atoms with Crippen molar-refractivity contribution >= 4 is 10.0 Å². The lowest BCUT2D eigenvalue weighted by Crippen LogP contribution is -2.27. The Balaban J connectivity index is 2.23. The maximum atomic E-state index is 12.7. The highest BCUT2D eigenvalue weighted by molar-refractivity contribution is 7.89. The molecule has 1 N–H and O–H groups in total. The molecule has 0 unspecified atom stereocenters. The van der Waals surface area contributed by atoms with Gasteiger partial charge in [-0.25, -0.2) is 13.1 Å². The number of hydrogen-bond acceptors (Lipinski definition) is 4. The van der Waals surface area contributed by atoms with E-state index in [2.05, 4.69) is 25.5 Å². The average molecular weight is 378 g/mol. The zero-order valence-electron chi connectivity index (χ0n) is 16.2. The molecule has 0 fully saturated rings. The van der Waals surface area contributed by atoms with Gasteiger partial charge in [0.2, 0.25) is 10.0 Å². The summed E-state index contributed by atoms with van der Waals surface area (Å²) in [4.78, 5) is 0.133. The van der Waals surface area contributed by atoms with Gasteiger partial charge in [-0.2, -0.15) is 0 Å². The second-order valence-electron chi connectivity index (χ2n) is 7.23. The predicted molar refractivity (Wildman–Crippen MR) is 103 cm³/mol. The highest BCUT2D eigenvalue weighted by Crippen LogP contribution is 2.30. The van der Waals surface area contributed by atoms with Crippen molar-refractivity contribution in [1.82, 2.24) is 4.72 Å². The highest BCUT2D eigenvalue weighted by Gasteiger charge is 2.21. The van der Waals surface area contributed by atoms with E-state index < -0.39 is 10.0 Å². The van der Waals surface area contributed by atoms with E-state index in [4.69, 9.17) is 9.47 Å². The second kappa shape index (κ2) is 7.68. The van der Waals surface area contributed by atoms with E-state index in [1.165, 1.54) is 31.9 Å². The van der Waals surface area contributed by atoms with Crippen LogP contribution in [0.3, 0.4) is 0 Å². The monoisotopic (exact) mass is 377 g/mol. The van der Waals surface area contributed by atoms with Crippen molar-refractivity contribution in [1.29, 1.82) is 0 Å². The Morgan fingerprint density at radius 2 is 1.50 bits per heavy atom. The molecule has 1 atom stereocenters. The lowest BCUT2D eigenvalue weighted by molar-refractivity contribution is 0.354. The Morgan fingerprint density at radius 1 is 0.923 bits per heavy atom. The molecule has 0 bridgehead atoms. The van der Waals surface area contributed by atoms with Gasteiger partial charge in [0.1, 0.15) is 0 Å². The summed E-state index contributed by atoms with van der Waals surface area (Å²) in [5, 5.41) is 0. The quantitative estimate of drug-likeness (QED) is 0.825. The molecule has 6 heteroatoms. The first-order valence-corrected chi connectivity index (χ1v) is 9.91. The fourth-order valence-corrected chi connectivity index (χ4v) is 3.87. The molecule has 0 radical (unpaired) electrons. The van der Waals surface area contributed by atoms with Crippen LogP contribution in [0.2, 0.25) is 0 Å². The van der Waals surface area contributed by atoms with E-state index in [9.17, 15) is 8.42 Å². The van der Waals surface area contributed by atoms with Crippen molar-refractivity contribution in [2.45, 2.75) is 44.0 Å². The minimum absolute atomic E-state index is 0.0565. The summed E-state index contributed by atoms with van der Waals surface area (Å²) in [6, 6.07) is 12.2. The summed E-state index contributed by atoms with van der Waals surface area (Å²) in [6.07, 6.45) is 0. The first kappa shape index (κ1) is 20.3. The topological polar surface area (TPSA) is 64.6 Å². The summed E-state index contributed by atoms with van der Waals surface area (Å²) in [6.45, 7) is 8.26. The summed E-state index contributed by atoms with van der Waals surface area (Å²) < 4.78 is 38.5. The Kier molecular flexibility index (Phi) is 5.98. The van der Waals surface area contributed by atoms with Gasteiger partial charge in [0.15, 0.2) is 11.5 Å². The van der Waals surface area contributed by atoms with Crippen molar-refractivity contribution in [2.24, 2.45) is 0 Å². The van der Waals surface area contributed by atoms with E-state index in [0.717, 1.165) is 5.56 Å². The van der Waals surface area contributed by atoms with Gasteiger partial charge in [0.05, 0.1) is 19.1 Å². The Labute approximate surface area is 156 Å². The summed E-state index contributed by atoms with van der Waals surface area (Å²) in [7, 11) is -0.708. The van der Waals surface area contributed by atoms with Crippen LogP contribution in [0.25, 0.3) is 0 Å². The van der Waals surface area contributed by atoms with Crippen molar-refractivity contribution in [3.8, 4) is 11.5 Å². The second-order valence-corrected chi connectivity index (χ2v) is 8.95. The van der Waals surface area contributed by atoms with Crippen LogP contribution < -0.4 is 14.2 Å². The number of rotatable bonds is 6. The van der Waals surface area contributed by atoms with Gasteiger partial charge in [-0.15, -0.1) is 0 Å². The molecule has 0 heterocycles. The zero-order chi connectivity index (χ0) is 19.5. The Bertz CT molecular complexity index is 852. The van der Waals surface area contributed by atoms with Crippen molar-refractivity contribution in [2.75, 3.05) is 14.2 Å². The number of methoxy groups -OCH3 is 2. The van der Waals surface area contributed by atoms with Gasteiger partial charge in [-0.3, -0.25) is 0 Å². The molecule has 0 saturated heterocycles. The third-order valence-electron chi connectivity index (χ3n) is 4.27. The molecule has 0 saturated carbocycles. The predicted octanol–water partition coefficient (Wildman–Crippen LogP) is 4.04. The smallest absolute Gasteiger partial charge is 0.241 e. The van der Waals surface area contributed by atoms with Crippen LogP contribution in [-0.2, 0) is 15.4 Å². The van der Waals surface area contributed by atoms with Gasteiger partial charge in [-0.1, -0.05) is 45.0 Å². The zero-order valence-corrected chi connectivity index (χ0v) is 17.0. The first-order chi connectivity index (χ1) is 12.1. The Morgan fingerprint density at radius 3 is 2.00 bits per heavy atom. The largest absolute Gasteiger partial charge is 0.493 e. The standard InChI is InChI=1S/C20H27NO4S/c1-14(15-7-9-16(10-8-15)20(2,3)4)21-26(22,23)17-11-12-18(24-5)19(13-17)25-6/h7-14,21H,1-6H3/t14-/m1/s1. The van der Waals surface area contributed by atoms with E-state index >= 15 is 0 Å². The van der Waals surface area contributed by atoms with Crippen LogP contribution in [0, 0.1) is 0 Å². The van der Waals surface area contributed by atoms with Crippen molar-refractivity contribution in [3.05, 3.63) is 53.6 Å².